The van der Waals surface area contributed by atoms with E-state index in [0.717, 1.165) is 0 Å². The number of pyridine rings is 1. The summed E-state index contributed by atoms with van der Waals surface area (Å²) in [5, 5.41) is 7.37. The molecule has 0 spiro atoms. The molecule has 0 bridgehead atoms. The number of hydrogen-bond donors (Lipinski definition) is 1. The number of anilines is 1. The van der Waals surface area contributed by atoms with E-state index in [0.29, 0.717) is 33.6 Å². The molecule has 2 heterocycles. The van der Waals surface area contributed by atoms with Crippen LogP contribution in [-0.2, 0) is 4.79 Å². The Morgan fingerprint density at radius 1 is 1.28 bits per heavy atom. The van der Waals surface area contributed by atoms with E-state index in [-0.39, 0.29) is 12.0 Å². The minimum atomic E-state index is -0.316. The molecule has 0 aliphatic rings. The fourth-order valence-corrected chi connectivity index (χ4v) is 2.87. The zero-order valence-corrected chi connectivity index (χ0v) is 17.1. The number of benzene rings is 1. The molecule has 0 aliphatic carbocycles. The third-order valence-electron chi connectivity index (χ3n) is 3.80. The average molecular weight is 413 g/mol. The molecule has 150 valence electrons. The van der Waals surface area contributed by atoms with Gasteiger partial charge in [-0.15, -0.1) is 0 Å². The van der Waals surface area contributed by atoms with Gasteiger partial charge in [-0.1, -0.05) is 11.6 Å². The Hall–Kier alpha value is -3.32. The third-order valence-corrected chi connectivity index (χ3v) is 4.08. The van der Waals surface area contributed by atoms with Crippen LogP contribution in [0.15, 0.2) is 55.0 Å². The smallest absolute Gasteiger partial charge is 0.248 e. The molecule has 7 nitrogen and oxygen atoms in total. The highest BCUT2D eigenvalue weighted by Gasteiger charge is 2.13. The summed E-state index contributed by atoms with van der Waals surface area (Å²) in [5.41, 5.74) is 1.25. The van der Waals surface area contributed by atoms with Gasteiger partial charge in [-0.05, 0) is 55.8 Å². The van der Waals surface area contributed by atoms with Gasteiger partial charge in [0.2, 0.25) is 5.91 Å². The zero-order valence-electron chi connectivity index (χ0n) is 16.3. The Morgan fingerprint density at radius 2 is 2.10 bits per heavy atom. The Labute approximate surface area is 173 Å². The fourth-order valence-electron chi connectivity index (χ4n) is 2.60. The van der Waals surface area contributed by atoms with Crippen molar-refractivity contribution in [1.82, 2.24) is 14.8 Å². The van der Waals surface area contributed by atoms with E-state index in [1.807, 2.05) is 13.8 Å². The third kappa shape index (κ3) is 5.14. The SMILES string of the molecule is COc1cc(/C=C/C(=O)Nc2cccnc2-n2cccn2)cc(Cl)c1OC(C)C. The highest BCUT2D eigenvalue weighted by atomic mass is 35.5. The number of methoxy groups -OCH3 is 1. The molecular weight excluding hydrogens is 392 g/mol. The van der Waals surface area contributed by atoms with Crippen LogP contribution in [0.5, 0.6) is 11.5 Å². The topological polar surface area (TPSA) is 78.3 Å². The molecule has 8 heteroatoms. The number of nitrogens with zero attached hydrogens (tertiary/aromatic N) is 3. The van der Waals surface area contributed by atoms with Crippen molar-refractivity contribution in [1.29, 1.82) is 0 Å². The first-order valence-corrected chi connectivity index (χ1v) is 9.34. The molecule has 1 aromatic carbocycles. The number of aromatic nitrogens is 3. The predicted octanol–water partition coefficient (Wildman–Crippen LogP) is 4.37. The van der Waals surface area contributed by atoms with Gasteiger partial charge in [-0.3, -0.25) is 4.79 Å². The molecule has 1 N–H and O–H groups in total. The molecule has 2 aromatic heterocycles. The lowest BCUT2D eigenvalue weighted by Gasteiger charge is -2.15. The second-order valence-corrected chi connectivity index (χ2v) is 6.76. The number of carbonyl (C=O) groups is 1. The number of ether oxygens (including phenoxy) is 2. The fraction of sp³-hybridized carbons (Fsp3) is 0.190. The molecule has 29 heavy (non-hydrogen) atoms. The van der Waals surface area contributed by atoms with Gasteiger partial charge in [0.1, 0.15) is 0 Å². The molecule has 0 radical (unpaired) electrons. The molecule has 1 amide bonds. The lowest BCUT2D eigenvalue weighted by molar-refractivity contribution is -0.111. The van der Waals surface area contributed by atoms with Gasteiger partial charge in [-0.2, -0.15) is 5.10 Å². The van der Waals surface area contributed by atoms with Crippen LogP contribution in [0.2, 0.25) is 5.02 Å². The summed E-state index contributed by atoms with van der Waals surface area (Å²) in [6, 6.07) is 8.75. The van der Waals surface area contributed by atoms with Gasteiger partial charge in [0, 0.05) is 24.7 Å². The molecule has 0 aliphatic heterocycles. The number of rotatable bonds is 7. The summed E-state index contributed by atoms with van der Waals surface area (Å²) in [6.07, 6.45) is 8.04. The highest BCUT2D eigenvalue weighted by molar-refractivity contribution is 6.32. The van der Waals surface area contributed by atoms with Crippen molar-refractivity contribution >= 4 is 29.3 Å². The minimum absolute atomic E-state index is 0.0444. The molecule has 0 unspecified atom stereocenters. The number of carbonyl (C=O) groups excluding carboxylic acids is 1. The van der Waals surface area contributed by atoms with Crippen LogP contribution >= 0.6 is 11.6 Å². The number of hydrogen-bond acceptors (Lipinski definition) is 5. The zero-order chi connectivity index (χ0) is 20.8. The number of amides is 1. The van der Waals surface area contributed by atoms with Crippen molar-refractivity contribution in [2.24, 2.45) is 0 Å². The maximum absolute atomic E-state index is 12.4. The maximum atomic E-state index is 12.4. The van der Waals surface area contributed by atoms with Crippen LogP contribution in [0.25, 0.3) is 11.9 Å². The molecular formula is C21H21ClN4O3. The molecule has 3 aromatic rings. The van der Waals surface area contributed by atoms with E-state index in [1.165, 1.54) is 13.2 Å². The van der Waals surface area contributed by atoms with Gasteiger partial charge in [0.25, 0.3) is 0 Å². The average Bonchev–Trinajstić information content (AvgIpc) is 3.23. The molecule has 0 saturated heterocycles. The minimum Gasteiger partial charge on any atom is -0.493 e. The summed E-state index contributed by atoms with van der Waals surface area (Å²) in [7, 11) is 1.54. The first kappa shape index (κ1) is 20.4. The van der Waals surface area contributed by atoms with Crippen molar-refractivity contribution < 1.29 is 14.3 Å². The monoisotopic (exact) mass is 412 g/mol. The van der Waals surface area contributed by atoms with Crippen molar-refractivity contribution in [2.75, 3.05) is 12.4 Å². The van der Waals surface area contributed by atoms with Crippen LogP contribution in [0, 0.1) is 0 Å². The van der Waals surface area contributed by atoms with E-state index in [4.69, 9.17) is 21.1 Å². The largest absolute Gasteiger partial charge is 0.493 e. The molecule has 3 rings (SSSR count). The van der Waals surface area contributed by atoms with Gasteiger partial charge < -0.3 is 14.8 Å². The van der Waals surface area contributed by atoms with Gasteiger partial charge >= 0.3 is 0 Å². The van der Waals surface area contributed by atoms with Crippen LogP contribution in [0.4, 0.5) is 5.69 Å². The Kier molecular flexibility index (Phi) is 6.51. The summed E-state index contributed by atoms with van der Waals surface area (Å²) >= 11 is 6.32. The Bertz CT molecular complexity index is 1020. The standard InChI is InChI=1S/C21H21ClN4O3/c1-14(2)29-20-16(22)12-15(13-18(20)28-3)7-8-19(27)25-17-6-4-9-23-21(17)26-11-5-10-24-26/h4-14H,1-3H3,(H,25,27)/b8-7+. The quantitative estimate of drug-likeness (QED) is 0.583. The van der Waals surface area contributed by atoms with E-state index in [2.05, 4.69) is 15.4 Å². The van der Waals surface area contributed by atoms with E-state index < -0.39 is 0 Å². The van der Waals surface area contributed by atoms with E-state index in [9.17, 15) is 4.79 Å². The van der Waals surface area contributed by atoms with Crippen molar-refractivity contribution in [3.8, 4) is 17.3 Å². The molecule has 0 fully saturated rings. The highest BCUT2D eigenvalue weighted by Crippen LogP contribution is 2.37. The lowest BCUT2D eigenvalue weighted by atomic mass is 10.2. The Morgan fingerprint density at radius 3 is 2.79 bits per heavy atom. The molecule has 0 atom stereocenters. The van der Waals surface area contributed by atoms with Crippen LogP contribution in [0.3, 0.4) is 0 Å². The summed E-state index contributed by atoms with van der Waals surface area (Å²) in [5.74, 6) is 1.19. The first-order valence-electron chi connectivity index (χ1n) is 8.96. The second kappa shape index (κ2) is 9.25. The second-order valence-electron chi connectivity index (χ2n) is 6.35. The van der Waals surface area contributed by atoms with Crippen LogP contribution < -0.4 is 14.8 Å². The summed E-state index contributed by atoms with van der Waals surface area (Å²) in [4.78, 5) is 16.7. The van der Waals surface area contributed by atoms with Gasteiger partial charge in [-0.25, -0.2) is 9.67 Å². The van der Waals surface area contributed by atoms with Gasteiger partial charge in [0.05, 0.1) is 23.9 Å². The van der Waals surface area contributed by atoms with Crippen molar-refractivity contribution in [3.05, 3.63) is 65.6 Å². The van der Waals surface area contributed by atoms with Crippen molar-refractivity contribution in [3.63, 3.8) is 0 Å². The Balaban J connectivity index is 1.78. The molecule has 0 saturated carbocycles. The summed E-state index contributed by atoms with van der Waals surface area (Å²) in [6.45, 7) is 3.81. The normalized spacial score (nSPS) is 11.1. The number of nitrogens with one attached hydrogen (secondary N) is 1. The van der Waals surface area contributed by atoms with Crippen LogP contribution in [0.1, 0.15) is 19.4 Å². The van der Waals surface area contributed by atoms with Crippen molar-refractivity contribution in [2.45, 2.75) is 20.0 Å². The van der Waals surface area contributed by atoms with Gasteiger partial charge in [0.15, 0.2) is 17.3 Å². The van der Waals surface area contributed by atoms with E-state index in [1.54, 1.807) is 59.7 Å². The predicted molar refractivity (Wildman–Crippen MR) is 113 cm³/mol. The number of halogens is 1. The van der Waals surface area contributed by atoms with Crippen LogP contribution in [-0.4, -0.2) is 33.9 Å². The van der Waals surface area contributed by atoms with E-state index >= 15 is 0 Å². The lowest BCUT2D eigenvalue weighted by Crippen LogP contribution is -2.12. The maximum Gasteiger partial charge on any atom is 0.248 e. The summed E-state index contributed by atoms with van der Waals surface area (Å²) < 4.78 is 12.6. The first-order chi connectivity index (χ1) is 14.0.